The Morgan fingerprint density at radius 1 is 0.867 bits per heavy atom. The van der Waals surface area contributed by atoms with Crippen molar-refractivity contribution in [2.75, 3.05) is 0 Å². The maximum absolute atomic E-state index is 14.6. The smallest absolute Gasteiger partial charge is 0.130 e. The highest BCUT2D eigenvalue weighted by Crippen LogP contribution is 2.23. The second-order valence-electron chi connectivity index (χ2n) is 7.66. The normalized spacial score (nSPS) is 12.7. The molecule has 0 aromatic heterocycles. The third-order valence-corrected chi connectivity index (χ3v) is 5.33. The average Bonchev–Trinajstić information content (AvgIpc) is 2.75. The number of aryl methyl sites for hydroxylation is 1. The van der Waals surface area contributed by atoms with Crippen LogP contribution in [0.3, 0.4) is 0 Å². The molecule has 0 aliphatic heterocycles. The molecule has 3 rings (SSSR count). The maximum atomic E-state index is 14.6. The minimum absolute atomic E-state index is 0.222. The van der Waals surface area contributed by atoms with Crippen molar-refractivity contribution in [3.63, 3.8) is 0 Å². The molecule has 0 bridgehead atoms. The van der Waals surface area contributed by atoms with E-state index in [0.29, 0.717) is 17.5 Å². The molecule has 0 saturated heterocycles. The second-order valence-corrected chi connectivity index (χ2v) is 7.66. The average molecular weight is 403 g/mol. The van der Waals surface area contributed by atoms with Gasteiger partial charge in [0.1, 0.15) is 11.6 Å². The van der Waals surface area contributed by atoms with Gasteiger partial charge in [-0.2, -0.15) is 0 Å². The van der Waals surface area contributed by atoms with Gasteiger partial charge in [0.2, 0.25) is 0 Å². The van der Waals surface area contributed by atoms with Gasteiger partial charge in [-0.15, -0.1) is 0 Å². The second kappa shape index (κ2) is 10.7. The third kappa shape index (κ3) is 6.00. The fraction of sp³-hybridized carbons (Fsp3) is 0.214. The summed E-state index contributed by atoms with van der Waals surface area (Å²) >= 11 is 0. The van der Waals surface area contributed by atoms with Crippen molar-refractivity contribution >= 4 is 12.2 Å². The SMILES string of the molecule is C/C=C/CCc1ccc(/C=C/c2ccc(CC(C)c3ccccc3)c(F)c2)c(F)c1. The zero-order chi connectivity index (χ0) is 21.3. The topological polar surface area (TPSA) is 0 Å². The van der Waals surface area contributed by atoms with E-state index in [0.717, 1.165) is 24.0 Å². The van der Waals surface area contributed by atoms with Gasteiger partial charge in [-0.1, -0.05) is 85.8 Å². The van der Waals surface area contributed by atoms with E-state index >= 15 is 0 Å². The first-order valence-corrected chi connectivity index (χ1v) is 10.5. The molecule has 3 aromatic rings. The molecule has 3 aromatic carbocycles. The van der Waals surface area contributed by atoms with Crippen molar-refractivity contribution in [1.29, 1.82) is 0 Å². The summed E-state index contributed by atoms with van der Waals surface area (Å²) < 4.78 is 29.0. The lowest BCUT2D eigenvalue weighted by atomic mass is 9.93. The molecule has 0 nitrogen and oxygen atoms in total. The van der Waals surface area contributed by atoms with Crippen LogP contribution in [0.5, 0.6) is 0 Å². The molecule has 30 heavy (non-hydrogen) atoms. The minimum Gasteiger partial charge on any atom is -0.207 e. The molecule has 0 aliphatic carbocycles. The molecule has 0 amide bonds. The van der Waals surface area contributed by atoms with Crippen molar-refractivity contribution in [3.8, 4) is 0 Å². The standard InChI is InChI=1S/C28H28F2/c1-3-4-6-9-22-12-15-25(27(29)19-22)16-13-23-14-17-26(28(30)20-23)18-21(2)24-10-7-5-8-11-24/h3-5,7-8,10-17,19-21H,6,9,18H2,1-2H3/b4-3+,16-13+. The first-order chi connectivity index (χ1) is 14.6. The van der Waals surface area contributed by atoms with E-state index < -0.39 is 0 Å². The summed E-state index contributed by atoms with van der Waals surface area (Å²) in [4.78, 5) is 0. The minimum atomic E-state index is -0.252. The third-order valence-electron chi connectivity index (χ3n) is 5.33. The van der Waals surface area contributed by atoms with Crippen LogP contribution in [0.1, 0.15) is 54.0 Å². The zero-order valence-electron chi connectivity index (χ0n) is 17.6. The van der Waals surface area contributed by atoms with Crippen LogP contribution in [0.25, 0.3) is 12.2 Å². The Hall–Kier alpha value is -3.00. The molecule has 2 heteroatoms. The number of hydrogen-bond acceptors (Lipinski definition) is 0. The number of hydrogen-bond donors (Lipinski definition) is 0. The summed E-state index contributed by atoms with van der Waals surface area (Å²) in [6.07, 6.45) is 9.89. The summed E-state index contributed by atoms with van der Waals surface area (Å²) in [5.74, 6) is -0.236. The van der Waals surface area contributed by atoms with E-state index in [-0.39, 0.29) is 17.6 Å². The van der Waals surface area contributed by atoms with Crippen LogP contribution in [-0.2, 0) is 12.8 Å². The molecule has 0 N–H and O–H groups in total. The Kier molecular flexibility index (Phi) is 7.73. The predicted octanol–water partition coefficient (Wildman–Crippen LogP) is 7.99. The van der Waals surface area contributed by atoms with Gasteiger partial charge in [-0.25, -0.2) is 8.78 Å². The van der Waals surface area contributed by atoms with Gasteiger partial charge in [0, 0.05) is 5.56 Å². The first-order valence-electron chi connectivity index (χ1n) is 10.5. The lowest BCUT2D eigenvalue weighted by molar-refractivity contribution is 0.597. The lowest BCUT2D eigenvalue weighted by Gasteiger charge is -2.13. The van der Waals surface area contributed by atoms with E-state index in [1.54, 1.807) is 24.3 Å². The molecule has 1 atom stereocenters. The highest BCUT2D eigenvalue weighted by molar-refractivity contribution is 5.70. The van der Waals surface area contributed by atoms with E-state index in [4.69, 9.17) is 0 Å². The van der Waals surface area contributed by atoms with Gasteiger partial charge in [-0.3, -0.25) is 0 Å². The molecule has 0 aliphatic rings. The Morgan fingerprint density at radius 3 is 2.37 bits per heavy atom. The van der Waals surface area contributed by atoms with Crippen LogP contribution in [0.2, 0.25) is 0 Å². The van der Waals surface area contributed by atoms with Gasteiger partial charge in [0.25, 0.3) is 0 Å². The summed E-state index contributed by atoms with van der Waals surface area (Å²) in [7, 11) is 0. The van der Waals surface area contributed by atoms with Crippen molar-refractivity contribution in [2.45, 2.75) is 39.0 Å². The fourth-order valence-electron chi connectivity index (χ4n) is 3.53. The van der Waals surface area contributed by atoms with Crippen LogP contribution in [0, 0.1) is 11.6 Å². The van der Waals surface area contributed by atoms with E-state index in [1.165, 1.54) is 11.6 Å². The van der Waals surface area contributed by atoms with Gasteiger partial charge in [0.05, 0.1) is 0 Å². The number of halogens is 2. The molecule has 0 spiro atoms. The van der Waals surface area contributed by atoms with Gasteiger partial charge in [-0.05, 0) is 66.5 Å². The maximum Gasteiger partial charge on any atom is 0.130 e. The highest BCUT2D eigenvalue weighted by Gasteiger charge is 2.10. The number of allylic oxidation sites excluding steroid dienone is 2. The molecule has 0 fully saturated rings. The monoisotopic (exact) mass is 402 g/mol. The van der Waals surface area contributed by atoms with Crippen molar-refractivity contribution in [3.05, 3.63) is 118 Å². The quantitative estimate of drug-likeness (QED) is 0.264. The molecule has 0 saturated carbocycles. The van der Waals surface area contributed by atoms with Crippen molar-refractivity contribution in [2.24, 2.45) is 0 Å². The molecule has 0 heterocycles. The Morgan fingerprint density at radius 2 is 1.67 bits per heavy atom. The van der Waals surface area contributed by atoms with Crippen molar-refractivity contribution in [1.82, 2.24) is 0 Å². The van der Waals surface area contributed by atoms with E-state index in [1.807, 2.05) is 49.4 Å². The summed E-state index contributed by atoms with van der Waals surface area (Å²) in [5, 5.41) is 0. The summed E-state index contributed by atoms with van der Waals surface area (Å²) in [5.41, 5.74) is 4.10. The predicted molar refractivity (Wildman–Crippen MR) is 123 cm³/mol. The molecular weight excluding hydrogens is 374 g/mol. The molecule has 1 unspecified atom stereocenters. The largest absolute Gasteiger partial charge is 0.207 e. The molecule has 154 valence electrons. The Balaban J connectivity index is 1.67. The molecular formula is C28H28F2. The van der Waals surface area contributed by atoms with E-state index in [2.05, 4.69) is 25.1 Å². The summed E-state index contributed by atoms with van der Waals surface area (Å²) in [6.45, 7) is 4.08. The number of benzene rings is 3. The van der Waals surface area contributed by atoms with Gasteiger partial charge >= 0.3 is 0 Å². The Labute approximate surface area is 178 Å². The van der Waals surface area contributed by atoms with Gasteiger partial charge in [0.15, 0.2) is 0 Å². The number of rotatable bonds is 8. The van der Waals surface area contributed by atoms with Crippen LogP contribution in [0.4, 0.5) is 8.78 Å². The fourth-order valence-corrected chi connectivity index (χ4v) is 3.53. The van der Waals surface area contributed by atoms with Gasteiger partial charge < -0.3 is 0 Å². The summed E-state index contributed by atoms with van der Waals surface area (Å²) in [6, 6.07) is 20.7. The van der Waals surface area contributed by atoms with Crippen molar-refractivity contribution < 1.29 is 8.78 Å². The highest BCUT2D eigenvalue weighted by atomic mass is 19.1. The zero-order valence-corrected chi connectivity index (χ0v) is 17.6. The van der Waals surface area contributed by atoms with Crippen LogP contribution < -0.4 is 0 Å². The van der Waals surface area contributed by atoms with Crippen LogP contribution in [0.15, 0.2) is 78.9 Å². The Bertz CT molecular complexity index is 1020. The lowest BCUT2D eigenvalue weighted by Crippen LogP contribution is -2.00. The first kappa shape index (κ1) is 21.7. The van der Waals surface area contributed by atoms with E-state index in [9.17, 15) is 8.78 Å². The van der Waals surface area contributed by atoms with Crippen LogP contribution in [-0.4, -0.2) is 0 Å². The van der Waals surface area contributed by atoms with Crippen LogP contribution >= 0.6 is 0 Å². The molecule has 0 radical (unpaired) electrons.